The van der Waals surface area contributed by atoms with E-state index in [1.165, 1.54) is 22.3 Å². The number of aryl methyl sites for hydroxylation is 2. The van der Waals surface area contributed by atoms with Crippen molar-refractivity contribution in [2.45, 2.75) is 46.1 Å². The minimum absolute atomic E-state index is 0.522. The van der Waals surface area contributed by atoms with Crippen LogP contribution < -0.4 is 5.32 Å². The Morgan fingerprint density at radius 3 is 2.19 bits per heavy atom. The van der Waals surface area contributed by atoms with Crippen molar-refractivity contribution >= 4 is 0 Å². The first-order valence-electron chi connectivity index (χ1n) is 7.90. The van der Waals surface area contributed by atoms with Gasteiger partial charge >= 0.3 is 0 Å². The van der Waals surface area contributed by atoms with Crippen LogP contribution in [0.25, 0.3) is 0 Å². The molecule has 2 aromatic carbocycles. The maximum Gasteiger partial charge on any atom is 0.00257 e. The molecule has 1 unspecified atom stereocenters. The molecule has 2 rings (SSSR count). The van der Waals surface area contributed by atoms with Crippen LogP contribution in [-0.2, 0) is 6.42 Å². The van der Waals surface area contributed by atoms with Gasteiger partial charge in [-0.05, 0) is 37.0 Å². The van der Waals surface area contributed by atoms with Crippen molar-refractivity contribution in [2.24, 2.45) is 0 Å². The lowest BCUT2D eigenvalue weighted by molar-refractivity contribution is 0.526. The van der Waals surface area contributed by atoms with Gasteiger partial charge in [-0.25, -0.2) is 0 Å². The van der Waals surface area contributed by atoms with E-state index in [4.69, 9.17) is 0 Å². The van der Waals surface area contributed by atoms with Gasteiger partial charge in [-0.1, -0.05) is 67.9 Å². The smallest absolute Gasteiger partial charge is 0.00257 e. The Labute approximate surface area is 129 Å². The average Bonchev–Trinajstić information content (AvgIpc) is 2.46. The first kappa shape index (κ1) is 15.8. The third kappa shape index (κ3) is 4.71. The van der Waals surface area contributed by atoms with Crippen molar-refractivity contribution in [2.75, 3.05) is 6.54 Å². The molecule has 0 spiro atoms. The molecule has 112 valence electrons. The zero-order valence-electron chi connectivity index (χ0n) is 13.7. The molecule has 0 fully saturated rings. The van der Waals surface area contributed by atoms with E-state index in [1.54, 1.807) is 0 Å². The molecule has 2 aromatic rings. The highest BCUT2D eigenvalue weighted by molar-refractivity contribution is 5.31. The van der Waals surface area contributed by atoms with E-state index in [0.717, 1.165) is 13.0 Å². The zero-order valence-corrected chi connectivity index (χ0v) is 13.7. The van der Waals surface area contributed by atoms with Crippen LogP contribution in [0.1, 0.15) is 42.0 Å². The van der Waals surface area contributed by atoms with Crippen LogP contribution in [-0.4, -0.2) is 12.6 Å². The second kappa shape index (κ2) is 7.42. The van der Waals surface area contributed by atoms with Crippen LogP contribution in [0.2, 0.25) is 0 Å². The molecule has 0 saturated heterocycles. The van der Waals surface area contributed by atoms with Crippen molar-refractivity contribution in [3.63, 3.8) is 0 Å². The standard InChI is InChI=1S/C20H27N/c1-15(2)21-14-20(18-11-9-16(3)10-12-18)13-19-8-6-5-7-17(19)4/h5-12,15,20-21H,13-14H2,1-4H3. The van der Waals surface area contributed by atoms with Crippen LogP contribution in [0, 0.1) is 13.8 Å². The molecule has 0 aliphatic carbocycles. The molecule has 0 saturated carbocycles. The quantitative estimate of drug-likeness (QED) is 0.814. The Hall–Kier alpha value is -1.60. The molecule has 0 aromatic heterocycles. The molecule has 1 N–H and O–H groups in total. The Morgan fingerprint density at radius 1 is 0.905 bits per heavy atom. The van der Waals surface area contributed by atoms with E-state index < -0.39 is 0 Å². The fourth-order valence-electron chi connectivity index (χ4n) is 2.63. The molecule has 0 heterocycles. The van der Waals surface area contributed by atoms with Crippen LogP contribution in [0.5, 0.6) is 0 Å². The van der Waals surface area contributed by atoms with Gasteiger partial charge in [-0.2, -0.15) is 0 Å². The Bertz CT molecular complexity index is 554. The third-order valence-electron chi connectivity index (χ3n) is 4.05. The summed E-state index contributed by atoms with van der Waals surface area (Å²) in [5.41, 5.74) is 5.59. The topological polar surface area (TPSA) is 12.0 Å². The van der Waals surface area contributed by atoms with Crippen molar-refractivity contribution in [1.29, 1.82) is 0 Å². The van der Waals surface area contributed by atoms with Gasteiger partial charge in [0.05, 0.1) is 0 Å². The summed E-state index contributed by atoms with van der Waals surface area (Å²) in [6, 6.07) is 18.2. The van der Waals surface area contributed by atoms with E-state index in [1.807, 2.05) is 0 Å². The van der Waals surface area contributed by atoms with Gasteiger partial charge in [0, 0.05) is 18.5 Å². The Balaban J connectivity index is 2.19. The highest BCUT2D eigenvalue weighted by Crippen LogP contribution is 2.23. The molecule has 1 atom stereocenters. The molecule has 0 aliphatic rings. The summed E-state index contributed by atoms with van der Waals surface area (Å²) in [6.07, 6.45) is 1.09. The van der Waals surface area contributed by atoms with Crippen LogP contribution in [0.4, 0.5) is 0 Å². The number of hydrogen-bond donors (Lipinski definition) is 1. The number of benzene rings is 2. The molecule has 1 heteroatoms. The van der Waals surface area contributed by atoms with Crippen LogP contribution >= 0.6 is 0 Å². The van der Waals surface area contributed by atoms with E-state index >= 15 is 0 Å². The third-order valence-corrected chi connectivity index (χ3v) is 4.05. The van der Waals surface area contributed by atoms with Gasteiger partial charge in [-0.3, -0.25) is 0 Å². The zero-order chi connectivity index (χ0) is 15.2. The highest BCUT2D eigenvalue weighted by Gasteiger charge is 2.14. The summed E-state index contributed by atoms with van der Waals surface area (Å²) in [5, 5.41) is 3.60. The lowest BCUT2D eigenvalue weighted by Crippen LogP contribution is -2.29. The average molecular weight is 281 g/mol. The minimum atomic E-state index is 0.522. The van der Waals surface area contributed by atoms with Gasteiger partial charge in [0.25, 0.3) is 0 Å². The van der Waals surface area contributed by atoms with Crippen LogP contribution in [0.15, 0.2) is 48.5 Å². The second-order valence-electron chi connectivity index (χ2n) is 6.30. The van der Waals surface area contributed by atoms with E-state index in [0.29, 0.717) is 12.0 Å². The summed E-state index contributed by atoms with van der Waals surface area (Å²) < 4.78 is 0. The molecule has 0 radical (unpaired) electrons. The van der Waals surface area contributed by atoms with Crippen molar-refractivity contribution < 1.29 is 0 Å². The molecule has 0 amide bonds. The highest BCUT2D eigenvalue weighted by atomic mass is 14.9. The second-order valence-corrected chi connectivity index (χ2v) is 6.30. The summed E-state index contributed by atoms with van der Waals surface area (Å²) in [6.45, 7) is 9.79. The number of hydrogen-bond acceptors (Lipinski definition) is 1. The van der Waals surface area contributed by atoms with Crippen molar-refractivity contribution in [1.82, 2.24) is 5.32 Å². The predicted octanol–water partition coefficient (Wildman–Crippen LogP) is 4.63. The maximum absolute atomic E-state index is 3.60. The number of rotatable bonds is 6. The SMILES string of the molecule is Cc1ccc(C(CNC(C)C)Cc2ccccc2C)cc1. The van der Waals surface area contributed by atoms with Gasteiger partial charge in [0.2, 0.25) is 0 Å². The van der Waals surface area contributed by atoms with Gasteiger partial charge < -0.3 is 5.32 Å². The van der Waals surface area contributed by atoms with Gasteiger partial charge in [0.1, 0.15) is 0 Å². The number of nitrogens with one attached hydrogen (secondary N) is 1. The summed E-state index contributed by atoms with van der Waals surface area (Å²) >= 11 is 0. The largest absolute Gasteiger partial charge is 0.314 e. The fourth-order valence-corrected chi connectivity index (χ4v) is 2.63. The molecule has 0 aliphatic heterocycles. The maximum atomic E-state index is 3.60. The molecular formula is C20H27N. The van der Waals surface area contributed by atoms with E-state index in [9.17, 15) is 0 Å². The van der Waals surface area contributed by atoms with Gasteiger partial charge in [0.15, 0.2) is 0 Å². The normalized spacial score (nSPS) is 12.6. The van der Waals surface area contributed by atoms with Crippen molar-refractivity contribution in [3.05, 3.63) is 70.8 Å². The molecule has 1 nitrogen and oxygen atoms in total. The van der Waals surface area contributed by atoms with Crippen molar-refractivity contribution in [3.8, 4) is 0 Å². The Morgan fingerprint density at radius 2 is 1.57 bits per heavy atom. The predicted molar refractivity (Wildman–Crippen MR) is 91.9 cm³/mol. The molecule has 21 heavy (non-hydrogen) atoms. The van der Waals surface area contributed by atoms with Crippen LogP contribution in [0.3, 0.4) is 0 Å². The minimum Gasteiger partial charge on any atom is -0.314 e. The fraction of sp³-hybridized carbons (Fsp3) is 0.400. The van der Waals surface area contributed by atoms with Gasteiger partial charge in [-0.15, -0.1) is 0 Å². The molecule has 0 bridgehead atoms. The first-order valence-corrected chi connectivity index (χ1v) is 7.90. The Kier molecular flexibility index (Phi) is 5.58. The molecular weight excluding hydrogens is 254 g/mol. The summed E-state index contributed by atoms with van der Waals surface area (Å²) in [4.78, 5) is 0. The monoisotopic (exact) mass is 281 g/mol. The lowest BCUT2D eigenvalue weighted by atomic mass is 9.89. The summed E-state index contributed by atoms with van der Waals surface area (Å²) in [5.74, 6) is 0.522. The lowest BCUT2D eigenvalue weighted by Gasteiger charge is -2.21. The first-order chi connectivity index (χ1) is 10.1. The van der Waals surface area contributed by atoms with E-state index in [-0.39, 0.29) is 0 Å². The van der Waals surface area contributed by atoms with E-state index in [2.05, 4.69) is 81.5 Å². The summed E-state index contributed by atoms with van der Waals surface area (Å²) in [7, 11) is 0.